The summed E-state index contributed by atoms with van der Waals surface area (Å²) in [5, 5.41) is 2.85. The first-order valence-electron chi connectivity index (χ1n) is 9.79. The molecule has 1 aliphatic heterocycles. The van der Waals surface area contributed by atoms with E-state index in [1.54, 1.807) is 4.90 Å². The maximum absolute atomic E-state index is 12.9. The number of hydrogen-bond acceptors (Lipinski definition) is 4. The van der Waals surface area contributed by atoms with Gasteiger partial charge in [-0.1, -0.05) is 48.5 Å². The molecular weight excluding hydrogens is 368 g/mol. The monoisotopic (exact) mass is 396 g/mol. The standard InChI is InChI=1S/C23H28N2O4/c1-16(24-22(27)29-23(2,3)4)19-20(28-15-17-11-7-5-8-12-17)21(26)25(19)18-13-9-6-10-14-18/h5-14,16,19-20H,15H2,1-4H3,(H,24,27)/t16-,19+,20-/m0/s1. The summed E-state index contributed by atoms with van der Waals surface area (Å²) < 4.78 is 11.3. The smallest absolute Gasteiger partial charge is 0.407 e. The van der Waals surface area contributed by atoms with E-state index in [0.717, 1.165) is 11.3 Å². The van der Waals surface area contributed by atoms with E-state index < -0.39 is 17.8 Å². The van der Waals surface area contributed by atoms with E-state index in [0.29, 0.717) is 6.61 Å². The largest absolute Gasteiger partial charge is 0.444 e. The molecule has 3 atom stereocenters. The van der Waals surface area contributed by atoms with E-state index in [-0.39, 0.29) is 18.0 Å². The van der Waals surface area contributed by atoms with Crippen molar-refractivity contribution < 1.29 is 19.1 Å². The Balaban J connectivity index is 1.74. The van der Waals surface area contributed by atoms with Crippen molar-refractivity contribution in [2.45, 2.75) is 58.1 Å². The van der Waals surface area contributed by atoms with Crippen LogP contribution < -0.4 is 10.2 Å². The first-order valence-corrected chi connectivity index (χ1v) is 9.79. The van der Waals surface area contributed by atoms with Crippen molar-refractivity contribution in [1.82, 2.24) is 5.32 Å². The fourth-order valence-electron chi connectivity index (χ4n) is 3.37. The number of para-hydroxylation sites is 1. The molecule has 6 nitrogen and oxygen atoms in total. The third-order valence-electron chi connectivity index (χ3n) is 4.65. The zero-order chi connectivity index (χ0) is 21.0. The maximum Gasteiger partial charge on any atom is 0.407 e. The second-order valence-electron chi connectivity index (χ2n) is 8.19. The number of anilines is 1. The van der Waals surface area contributed by atoms with Gasteiger partial charge in [0.15, 0.2) is 6.10 Å². The third kappa shape index (κ3) is 5.15. The van der Waals surface area contributed by atoms with Gasteiger partial charge < -0.3 is 19.7 Å². The molecule has 0 radical (unpaired) electrons. The quantitative estimate of drug-likeness (QED) is 0.752. The molecule has 6 heteroatoms. The second-order valence-corrected chi connectivity index (χ2v) is 8.19. The van der Waals surface area contributed by atoms with Crippen LogP contribution in [0.25, 0.3) is 0 Å². The normalized spacial score (nSPS) is 20.0. The number of β-lactam (4-membered cyclic amide) rings is 1. The van der Waals surface area contributed by atoms with Crippen LogP contribution in [0.5, 0.6) is 0 Å². The number of carbonyl (C=O) groups is 2. The average Bonchev–Trinajstić information content (AvgIpc) is 2.66. The molecule has 2 aromatic rings. The van der Waals surface area contributed by atoms with Crippen molar-refractivity contribution in [2.75, 3.05) is 4.90 Å². The van der Waals surface area contributed by atoms with E-state index in [4.69, 9.17) is 9.47 Å². The van der Waals surface area contributed by atoms with E-state index >= 15 is 0 Å². The first-order chi connectivity index (χ1) is 13.8. The van der Waals surface area contributed by atoms with Crippen molar-refractivity contribution in [3.8, 4) is 0 Å². The van der Waals surface area contributed by atoms with Crippen LogP contribution in [-0.4, -0.2) is 35.8 Å². The zero-order valence-corrected chi connectivity index (χ0v) is 17.3. The van der Waals surface area contributed by atoms with Crippen molar-refractivity contribution in [1.29, 1.82) is 0 Å². The Kier molecular flexibility index (Phi) is 6.23. The average molecular weight is 396 g/mol. The number of rotatable bonds is 6. The summed E-state index contributed by atoms with van der Waals surface area (Å²) in [5.41, 5.74) is 1.17. The molecule has 29 heavy (non-hydrogen) atoms. The summed E-state index contributed by atoms with van der Waals surface area (Å²) in [7, 11) is 0. The summed E-state index contributed by atoms with van der Waals surface area (Å²) >= 11 is 0. The predicted molar refractivity (Wildman–Crippen MR) is 112 cm³/mol. The lowest BCUT2D eigenvalue weighted by atomic mass is 9.90. The molecule has 3 rings (SSSR count). The molecule has 0 saturated carbocycles. The minimum atomic E-state index is -0.639. The molecule has 1 heterocycles. The van der Waals surface area contributed by atoms with Crippen LogP contribution in [0.1, 0.15) is 33.3 Å². The van der Waals surface area contributed by atoms with Gasteiger partial charge >= 0.3 is 6.09 Å². The molecule has 0 bridgehead atoms. The van der Waals surface area contributed by atoms with E-state index in [1.807, 2.05) is 88.4 Å². The molecule has 1 fully saturated rings. The van der Waals surface area contributed by atoms with Crippen molar-refractivity contribution >= 4 is 17.7 Å². The zero-order valence-electron chi connectivity index (χ0n) is 17.3. The summed E-state index contributed by atoms with van der Waals surface area (Å²) in [6, 6.07) is 18.4. The number of amides is 2. The number of ether oxygens (including phenoxy) is 2. The van der Waals surface area contributed by atoms with E-state index in [1.165, 1.54) is 0 Å². The van der Waals surface area contributed by atoms with Gasteiger partial charge in [-0.05, 0) is 45.4 Å². The summed E-state index contributed by atoms with van der Waals surface area (Å²) in [5.74, 6) is -0.116. The van der Waals surface area contributed by atoms with Gasteiger partial charge in [-0.25, -0.2) is 4.79 Å². The molecule has 0 aromatic heterocycles. The molecule has 1 N–H and O–H groups in total. The van der Waals surface area contributed by atoms with Crippen LogP contribution in [0.3, 0.4) is 0 Å². The lowest BCUT2D eigenvalue weighted by molar-refractivity contribution is -0.144. The highest BCUT2D eigenvalue weighted by Crippen LogP contribution is 2.32. The van der Waals surface area contributed by atoms with Crippen LogP contribution in [0, 0.1) is 0 Å². The van der Waals surface area contributed by atoms with Crippen molar-refractivity contribution in [2.24, 2.45) is 0 Å². The van der Waals surface area contributed by atoms with Crippen LogP contribution >= 0.6 is 0 Å². The van der Waals surface area contributed by atoms with Crippen LogP contribution in [-0.2, 0) is 20.9 Å². The molecule has 0 spiro atoms. The van der Waals surface area contributed by atoms with Gasteiger partial charge in [-0.3, -0.25) is 4.79 Å². The number of carbonyl (C=O) groups excluding carboxylic acids is 2. The SMILES string of the molecule is C[C@H](NC(=O)OC(C)(C)C)[C@@H]1[C@H](OCc2ccccc2)C(=O)N1c1ccccc1. The Morgan fingerprint density at radius 2 is 1.66 bits per heavy atom. The minimum Gasteiger partial charge on any atom is -0.444 e. The van der Waals surface area contributed by atoms with Crippen molar-refractivity contribution in [3.63, 3.8) is 0 Å². The van der Waals surface area contributed by atoms with E-state index in [2.05, 4.69) is 5.32 Å². The van der Waals surface area contributed by atoms with Gasteiger partial charge in [-0.2, -0.15) is 0 Å². The Morgan fingerprint density at radius 3 is 2.24 bits per heavy atom. The Hall–Kier alpha value is -2.86. The highest BCUT2D eigenvalue weighted by Gasteiger charge is 2.52. The molecule has 0 aliphatic carbocycles. The second kappa shape index (κ2) is 8.66. The molecule has 0 unspecified atom stereocenters. The molecule has 2 amide bonds. The fourth-order valence-corrected chi connectivity index (χ4v) is 3.37. The molecular formula is C23H28N2O4. The van der Waals surface area contributed by atoms with Crippen molar-refractivity contribution in [3.05, 3.63) is 66.2 Å². The van der Waals surface area contributed by atoms with Crippen LogP contribution in [0.2, 0.25) is 0 Å². The van der Waals surface area contributed by atoms with Crippen LogP contribution in [0.15, 0.2) is 60.7 Å². The van der Waals surface area contributed by atoms with Gasteiger partial charge in [0.05, 0.1) is 18.7 Å². The molecule has 1 aliphatic rings. The first kappa shape index (κ1) is 20.9. The van der Waals surface area contributed by atoms with E-state index in [9.17, 15) is 9.59 Å². The summed E-state index contributed by atoms with van der Waals surface area (Å²) in [4.78, 5) is 26.8. The Morgan fingerprint density at radius 1 is 1.07 bits per heavy atom. The topological polar surface area (TPSA) is 67.9 Å². The molecule has 2 aromatic carbocycles. The number of nitrogens with one attached hydrogen (secondary N) is 1. The fraction of sp³-hybridized carbons (Fsp3) is 0.391. The van der Waals surface area contributed by atoms with Gasteiger partial charge in [0.2, 0.25) is 0 Å². The maximum atomic E-state index is 12.9. The van der Waals surface area contributed by atoms with Gasteiger partial charge in [-0.15, -0.1) is 0 Å². The predicted octanol–water partition coefficient (Wildman–Crippen LogP) is 3.90. The lowest BCUT2D eigenvalue weighted by Crippen LogP contribution is -2.72. The minimum absolute atomic E-state index is 0.116. The molecule has 1 saturated heterocycles. The number of benzene rings is 2. The van der Waals surface area contributed by atoms with Crippen LogP contribution in [0.4, 0.5) is 10.5 Å². The third-order valence-corrected chi connectivity index (χ3v) is 4.65. The van der Waals surface area contributed by atoms with Gasteiger partial charge in [0.25, 0.3) is 5.91 Å². The number of hydrogen-bond donors (Lipinski definition) is 1. The summed E-state index contributed by atoms with van der Waals surface area (Å²) in [6.07, 6.45) is -1.15. The Labute approximate surface area is 171 Å². The highest BCUT2D eigenvalue weighted by molar-refractivity contribution is 6.05. The van der Waals surface area contributed by atoms with Gasteiger partial charge in [0, 0.05) is 5.69 Å². The highest BCUT2D eigenvalue weighted by atomic mass is 16.6. The summed E-state index contributed by atoms with van der Waals surface area (Å²) in [6.45, 7) is 7.62. The Bertz CT molecular complexity index is 833. The van der Waals surface area contributed by atoms with Gasteiger partial charge in [0.1, 0.15) is 5.60 Å². The lowest BCUT2D eigenvalue weighted by Gasteiger charge is -2.49. The number of nitrogens with zero attached hydrogens (tertiary/aromatic N) is 1. The number of alkyl carbamates (subject to hydrolysis) is 1. The molecule has 154 valence electrons.